The van der Waals surface area contributed by atoms with Gasteiger partial charge in [0.1, 0.15) is 15.6 Å². The molecule has 0 unspecified atom stereocenters. The van der Waals surface area contributed by atoms with Gasteiger partial charge >= 0.3 is 0 Å². The van der Waals surface area contributed by atoms with Crippen LogP contribution >= 0.6 is 0 Å². The van der Waals surface area contributed by atoms with Gasteiger partial charge in [-0.3, -0.25) is 0 Å². The molecule has 0 fully saturated rings. The number of sulfone groups is 1. The van der Waals surface area contributed by atoms with Crippen LogP contribution in [-0.4, -0.2) is 27.0 Å². The molecule has 0 aliphatic heterocycles. The molecular weight excluding hydrogens is 212 g/mol. The van der Waals surface area contributed by atoms with Crippen molar-refractivity contribution < 1.29 is 13.2 Å². The van der Waals surface area contributed by atoms with Gasteiger partial charge in [-0.05, 0) is 37.1 Å². The molecule has 1 rings (SSSR count). The molecule has 0 N–H and O–H groups in total. The summed E-state index contributed by atoms with van der Waals surface area (Å²) in [6.45, 7) is 2.36. The highest BCUT2D eigenvalue weighted by molar-refractivity contribution is 7.90. The zero-order chi connectivity index (χ0) is 11.3. The summed E-state index contributed by atoms with van der Waals surface area (Å²) in [5.74, 6) is 0.935. The lowest BCUT2D eigenvalue weighted by molar-refractivity contribution is 0.317. The Morgan fingerprint density at radius 1 is 1.47 bits per heavy atom. The van der Waals surface area contributed by atoms with E-state index in [0.29, 0.717) is 13.0 Å². The predicted molar refractivity (Wildman–Crippen MR) is 59.8 cm³/mol. The van der Waals surface area contributed by atoms with Crippen molar-refractivity contribution in [2.24, 2.45) is 0 Å². The van der Waals surface area contributed by atoms with E-state index in [-0.39, 0.29) is 5.75 Å². The summed E-state index contributed by atoms with van der Waals surface area (Å²) < 4.78 is 27.1. The third kappa shape index (κ3) is 5.42. The van der Waals surface area contributed by atoms with Crippen LogP contribution in [0.5, 0.6) is 5.75 Å². The molecule has 1 aromatic carbocycles. The fourth-order valence-electron chi connectivity index (χ4n) is 1.16. The minimum Gasteiger partial charge on any atom is -0.494 e. The fraction of sp³-hybridized carbons (Fsp3) is 0.455. The number of hydrogen-bond donors (Lipinski definition) is 0. The molecule has 83 valence electrons. The molecule has 4 heteroatoms. The molecule has 0 saturated carbocycles. The van der Waals surface area contributed by atoms with E-state index in [1.807, 2.05) is 19.1 Å². The van der Waals surface area contributed by atoms with Crippen LogP contribution in [0.15, 0.2) is 18.2 Å². The largest absolute Gasteiger partial charge is 0.494 e. The number of hydrogen-bond acceptors (Lipinski definition) is 3. The molecule has 1 aromatic rings. The van der Waals surface area contributed by atoms with E-state index in [2.05, 4.69) is 6.07 Å². The van der Waals surface area contributed by atoms with Crippen LogP contribution in [0.1, 0.15) is 12.0 Å². The lowest BCUT2D eigenvalue weighted by Crippen LogP contribution is -2.07. The smallest absolute Gasteiger partial charge is 0.147 e. The number of benzene rings is 1. The molecule has 0 amide bonds. The second-order valence-electron chi connectivity index (χ2n) is 3.54. The van der Waals surface area contributed by atoms with Gasteiger partial charge in [-0.2, -0.15) is 0 Å². The fourth-order valence-corrected chi connectivity index (χ4v) is 1.80. The molecule has 0 spiro atoms. The first-order valence-electron chi connectivity index (χ1n) is 4.76. The van der Waals surface area contributed by atoms with Crippen molar-refractivity contribution in [1.82, 2.24) is 0 Å². The van der Waals surface area contributed by atoms with Crippen molar-refractivity contribution >= 4 is 9.84 Å². The average Bonchev–Trinajstić information content (AvgIpc) is 2.11. The number of rotatable bonds is 5. The Morgan fingerprint density at radius 3 is 2.80 bits per heavy atom. The molecule has 0 aliphatic carbocycles. The van der Waals surface area contributed by atoms with E-state index in [4.69, 9.17) is 4.74 Å². The highest BCUT2D eigenvalue weighted by Gasteiger charge is 2.01. The molecule has 3 nitrogen and oxygen atoms in total. The Kier molecular flexibility index (Phi) is 4.15. The molecule has 1 radical (unpaired) electrons. The van der Waals surface area contributed by atoms with Gasteiger partial charge in [0.2, 0.25) is 0 Å². The van der Waals surface area contributed by atoms with Crippen molar-refractivity contribution in [2.75, 3.05) is 18.6 Å². The second kappa shape index (κ2) is 5.16. The Balaban J connectivity index is 2.32. The zero-order valence-electron chi connectivity index (χ0n) is 8.99. The normalized spacial score (nSPS) is 11.3. The molecular formula is C11H15O3S. The van der Waals surface area contributed by atoms with E-state index in [1.54, 1.807) is 6.07 Å². The second-order valence-corrected chi connectivity index (χ2v) is 5.80. The summed E-state index contributed by atoms with van der Waals surface area (Å²) in [5.41, 5.74) is 1.01. The molecule has 0 atom stereocenters. The lowest BCUT2D eigenvalue weighted by atomic mass is 10.2. The lowest BCUT2D eigenvalue weighted by Gasteiger charge is -2.05. The van der Waals surface area contributed by atoms with Crippen LogP contribution < -0.4 is 4.74 Å². The van der Waals surface area contributed by atoms with Gasteiger partial charge in [-0.25, -0.2) is 8.42 Å². The van der Waals surface area contributed by atoms with Crippen molar-refractivity contribution in [3.8, 4) is 5.75 Å². The van der Waals surface area contributed by atoms with Gasteiger partial charge in [0.05, 0.1) is 12.4 Å². The van der Waals surface area contributed by atoms with Gasteiger partial charge in [0.25, 0.3) is 0 Å². The monoisotopic (exact) mass is 227 g/mol. The molecule has 0 saturated heterocycles. The summed E-state index contributed by atoms with van der Waals surface area (Å²) in [4.78, 5) is 0. The highest BCUT2D eigenvalue weighted by Crippen LogP contribution is 2.11. The minimum atomic E-state index is -2.87. The van der Waals surface area contributed by atoms with E-state index in [9.17, 15) is 8.42 Å². The van der Waals surface area contributed by atoms with Crippen LogP contribution in [0, 0.1) is 13.0 Å². The summed E-state index contributed by atoms with van der Waals surface area (Å²) in [6.07, 6.45) is 1.76. The summed E-state index contributed by atoms with van der Waals surface area (Å²) in [6, 6.07) is 8.49. The average molecular weight is 227 g/mol. The third-order valence-corrected chi connectivity index (χ3v) is 2.88. The third-order valence-electron chi connectivity index (χ3n) is 1.85. The predicted octanol–water partition coefficient (Wildman–Crippen LogP) is 1.61. The maximum atomic E-state index is 10.8. The molecule has 0 heterocycles. The molecule has 0 aromatic heterocycles. The van der Waals surface area contributed by atoms with Gasteiger partial charge < -0.3 is 4.74 Å². The Hall–Kier alpha value is -1.03. The van der Waals surface area contributed by atoms with Gasteiger partial charge in [0, 0.05) is 6.26 Å². The van der Waals surface area contributed by atoms with Gasteiger partial charge in [-0.1, -0.05) is 6.07 Å². The van der Waals surface area contributed by atoms with Gasteiger partial charge in [0.15, 0.2) is 0 Å². The number of aryl methyl sites for hydroxylation is 1. The van der Waals surface area contributed by atoms with Gasteiger partial charge in [-0.15, -0.1) is 0 Å². The molecule has 15 heavy (non-hydrogen) atoms. The first-order chi connectivity index (χ1) is 6.97. The SMILES string of the molecule is Cc1[c]ccc(OCCCS(C)(=O)=O)c1. The van der Waals surface area contributed by atoms with E-state index in [1.165, 1.54) is 6.26 Å². The minimum absolute atomic E-state index is 0.172. The Morgan fingerprint density at radius 2 is 2.20 bits per heavy atom. The molecule has 0 bridgehead atoms. The first-order valence-corrected chi connectivity index (χ1v) is 6.82. The topological polar surface area (TPSA) is 43.4 Å². The van der Waals surface area contributed by atoms with Crippen LogP contribution in [0.25, 0.3) is 0 Å². The molecule has 0 aliphatic rings. The quantitative estimate of drug-likeness (QED) is 0.718. The first kappa shape index (κ1) is 12.0. The Bertz CT molecular complexity index is 410. The van der Waals surface area contributed by atoms with Crippen LogP contribution in [0.4, 0.5) is 0 Å². The van der Waals surface area contributed by atoms with Crippen LogP contribution in [-0.2, 0) is 9.84 Å². The van der Waals surface area contributed by atoms with E-state index >= 15 is 0 Å². The highest BCUT2D eigenvalue weighted by atomic mass is 32.2. The maximum absolute atomic E-state index is 10.8. The van der Waals surface area contributed by atoms with Crippen molar-refractivity contribution in [3.05, 3.63) is 29.8 Å². The summed E-state index contributed by atoms with van der Waals surface area (Å²) in [5, 5.41) is 0. The van der Waals surface area contributed by atoms with Crippen LogP contribution in [0.3, 0.4) is 0 Å². The maximum Gasteiger partial charge on any atom is 0.147 e. The van der Waals surface area contributed by atoms with Crippen molar-refractivity contribution in [2.45, 2.75) is 13.3 Å². The van der Waals surface area contributed by atoms with E-state index < -0.39 is 9.84 Å². The number of ether oxygens (including phenoxy) is 1. The zero-order valence-corrected chi connectivity index (χ0v) is 9.80. The van der Waals surface area contributed by atoms with Crippen molar-refractivity contribution in [3.63, 3.8) is 0 Å². The summed E-state index contributed by atoms with van der Waals surface area (Å²) in [7, 11) is -2.87. The van der Waals surface area contributed by atoms with Crippen molar-refractivity contribution in [1.29, 1.82) is 0 Å². The Labute approximate surface area is 91.0 Å². The summed E-state index contributed by atoms with van der Waals surface area (Å²) >= 11 is 0. The standard InChI is InChI=1S/C11H15O3S/c1-10-5-3-6-11(9-10)14-7-4-8-15(2,12)13/h3,6,9H,4,7-8H2,1-2H3. The van der Waals surface area contributed by atoms with Crippen LogP contribution in [0.2, 0.25) is 0 Å². The van der Waals surface area contributed by atoms with E-state index in [0.717, 1.165) is 11.3 Å².